The predicted octanol–water partition coefficient (Wildman–Crippen LogP) is 2.89. The summed E-state index contributed by atoms with van der Waals surface area (Å²) in [6, 6.07) is 4.62. The molecular weight excluding hydrogens is 177 g/mol. The lowest BCUT2D eigenvalue weighted by molar-refractivity contribution is 0.576. The van der Waals surface area contributed by atoms with E-state index in [2.05, 4.69) is 0 Å². The van der Waals surface area contributed by atoms with E-state index < -0.39 is 5.82 Å². The van der Waals surface area contributed by atoms with Crippen LogP contribution in [0.4, 0.5) is 4.39 Å². The Morgan fingerprint density at radius 1 is 1.58 bits per heavy atom. The second-order valence-corrected chi connectivity index (χ2v) is 3.06. The Kier molecular flexibility index (Phi) is 3.06. The minimum Gasteiger partial charge on any atom is -0.324 e. The third kappa shape index (κ3) is 1.76. The van der Waals surface area contributed by atoms with E-state index in [1.807, 2.05) is 6.92 Å². The Balaban J connectivity index is 3.07. The maximum Gasteiger partial charge on any atom is 0.146 e. The van der Waals surface area contributed by atoms with E-state index in [1.54, 1.807) is 12.1 Å². The molecule has 1 aromatic rings. The fourth-order valence-electron chi connectivity index (χ4n) is 1.03. The molecule has 0 saturated carbocycles. The molecule has 0 fully saturated rings. The van der Waals surface area contributed by atoms with Crippen molar-refractivity contribution in [2.45, 2.75) is 19.4 Å². The first-order valence-corrected chi connectivity index (χ1v) is 4.24. The average Bonchev–Trinajstić information content (AvgIpc) is 2.08. The van der Waals surface area contributed by atoms with Crippen molar-refractivity contribution in [2.75, 3.05) is 0 Å². The van der Waals surface area contributed by atoms with Gasteiger partial charge >= 0.3 is 0 Å². The van der Waals surface area contributed by atoms with Gasteiger partial charge in [-0.3, -0.25) is 0 Å². The highest BCUT2D eigenvalue weighted by Gasteiger charge is 2.11. The fraction of sp³-hybridized carbons (Fsp3) is 0.333. The lowest BCUT2D eigenvalue weighted by Gasteiger charge is -2.10. The summed E-state index contributed by atoms with van der Waals surface area (Å²) in [7, 11) is 0. The van der Waals surface area contributed by atoms with E-state index >= 15 is 0 Å². The van der Waals surface area contributed by atoms with Gasteiger partial charge in [-0.25, -0.2) is 4.39 Å². The van der Waals surface area contributed by atoms with Crippen molar-refractivity contribution in [1.29, 1.82) is 0 Å². The molecule has 1 aromatic carbocycles. The van der Waals surface area contributed by atoms with E-state index in [9.17, 15) is 4.39 Å². The first-order valence-electron chi connectivity index (χ1n) is 3.86. The van der Waals surface area contributed by atoms with Crippen LogP contribution in [0.15, 0.2) is 18.2 Å². The summed E-state index contributed by atoms with van der Waals surface area (Å²) in [6.45, 7) is 1.91. The molecule has 0 spiro atoms. The predicted molar refractivity (Wildman–Crippen MR) is 48.6 cm³/mol. The summed E-state index contributed by atoms with van der Waals surface area (Å²) in [4.78, 5) is 0. The lowest BCUT2D eigenvalue weighted by Crippen LogP contribution is -2.10. The molecule has 0 radical (unpaired) electrons. The Hall–Kier alpha value is -0.600. The molecule has 2 N–H and O–H groups in total. The zero-order valence-electron chi connectivity index (χ0n) is 6.85. The van der Waals surface area contributed by atoms with Gasteiger partial charge in [0.1, 0.15) is 5.82 Å². The number of hydrogen-bond donors (Lipinski definition) is 1. The summed E-state index contributed by atoms with van der Waals surface area (Å²) in [6.07, 6.45) is 0.706. The number of nitrogens with two attached hydrogens (primary N) is 1. The van der Waals surface area contributed by atoms with Crippen molar-refractivity contribution >= 4 is 11.6 Å². The van der Waals surface area contributed by atoms with Gasteiger partial charge in [0.2, 0.25) is 0 Å². The molecule has 0 aliphatic carbocycles. The third-order valence-electron chi connectivity index (χ3n) is 1.82. The number of rotatable bonds is 2. The molecule has 0 aliphatic heterocycles. The van der Waals surface area contributed by atoms with Gasteiger partial charge in [0.05, 0.1) is 5.02 Å². The largest absolute Gasteiger partial charge is 0.324 e. The van der Waals surface area contributed by atoms with Crippen LogP contribution in [-0.2, 0) is 0 Å². The Bertz CT molecular complexity index is 275. The summed E-state index contributed by atoms with van der Waals surface area (Å²) >= 11 is 5.58. The van der Waals surface area contributed by atoms with Crippen LogP contribution in [0.5, 0.6) is 0 Å². The molecule has 12 heavy (non-hydrogen) atoms. The molecule has 66 valence electrons. The smallest absolute Gasteiger partial charge is 0.146 e. The van der Waals surface area contributed by atoms with Gasteiger partial charge < -0.3 is 5.73 Å². The summed E-state index contributed by atoms with van der Waals surface area (Å²) in [5.41, 5.74) is 6.16. The van der Waals surface area contributed by atoms with Gasteiger partial charge in [-0.05, 0) is 12.5 Å². The zero-order chi connectivity index (χ0) is 9.14. The lowest BCUT2D eigenvalue weighted by atomic mass is 10.1. The Morgan fingerprint density at radius 2 is 2.25 bits per heavy atom. The van der Waals surface area contributed by atoms with Crippen LogP contribution in [0, 0.1) is 5.82 Å². The molecule has 1 nitrogen and oxygen atoms in total. The van der Waals surface area contributed by atoms with Gasteiger partial charge in [-0.15, -0.1) is 0 Å². The standard InChI is InChI=1S/C9H11ClFN/c1-2-8(12)6-4-3-5-7(10)9(6)11/h3-5,8H,2,12H2,1H3/t8-/m0/s1. The molecule has 0 saturated heterocycles. The van der Waals surface area contributed by atoms with Crippen molar-refractivity contribution in [2.24, 2.45) is 5.73 Å². The minimum atomic E-state index is -0.395. The Labute approximate surface area is 76.3 Å². The van der Waals surface area contributed by atoms with Gasteiger partial charge in [0, 0.05) is 11.6 Å². The van der Waals surface area contributed by atoms with Crippen LogP contribution in [-0.4, -0.2) is 0 Å². The maximum atomic E-state index is 13.2. The molecule has 0 aliphatic rings. The van der Waals surface area contributed by atoms with E-state index in [0.29, 0.717) is 12.0 Å². The second kappa shape index (κ2) is 3.87. The highest BCUT2D eigenvalue weighted by molar-refractivity contribution is 6.30. The SMILES string of the molecule is CC[C@H](N)c1cccc(Cl)c1F. The molecule has 3 heteroatoms. The molecule has 1 rings (SSSR count). The number of hydrogen-bond acceptors (Lipinski definition) is 1. The quantitative estimate of drug-likeness (QED) is 0.757. The molecule has 0 heterocycles. The fourth-order valence-corrected chi connectivity index (χ4v) is 1.21. The van der Waals surface area contributed by atoms with Crippen molar-refractivity contribution in [3.05, 3.63) is 34.6 Å². The summed E-state index contributed by atoms with van der Waals surface area (Å²) < 4.78 is 13.2. The summed E-state index contributed by atoms with van der Waals surface area (Å²) in [5.74, 6) is -0.395. The molecule has 1 atom stereocenters. The third-order valence-corrected chi connectivity index (χ3v) is 2.11. The van der Waals surface area contributed by atoms with Gasteiger partial charge in [0.25, 0.3) is 0 Å². The van der Waals surface area contributed by atoms with Crippen LogP contribution >= 0.6 is 11.6 Å². The monoisotopic (exact) mass is 187 g/mol. The van der Waals surface area contributed by atoms with E-state index in [4.69, 9.17) is 17.3 Å². The number of halogens is 2. The van der Waals surface area contributed by atoms with Crippen molar-refractivity contribution in [1.82, 2.24) is 0 Å². The van der Waals surface area contributed by atoms with Gasteiger partial charge in [-0.2, -0.15) is 0 Å². The first kappa shape index (κ1) is 9.49. The highest BCUT2D eigenvalue weighted by atomic mass is 35.5. The van der Waals surface area contributed by atoms with E-state index in [-0.39, 0.29) is 11.1 Å². The van der Waals surface area contributed by atoms with Gasteiger partial charge in [0.15, 0.2) is 0 Å². The highest BCUT2D eigenvalue weighted by Crippen LogP contribution is 2.23. The van der Waals surface area contributed by atoms with Crippen molar-refractivity contribution in [3.8, 4) is 0 Å². The van der Waals surface area contributed by atoms with Crippen LogP contribution < -0.4 is 5.73 Å². The second-order valence-electron chi connectivity index (χ2n) is 2.66. The van der Waals surface area contributed by atoms with Crippen LogP contribution in [0.1, 0.15) is 24.9 Å². The molecule has 0 bridgehead atoms. The number of benzene rings is 1. The Morgan fingerprint density at radius 3 is 2.83 bits per heavy atom. The normalized spacial score (nSPS) is 13.0. The maximum absolute atomic E-state index is 13.2. The first-order chi connectivity index (χ1) is 5.66. The van der Waals surface area contributed by atoms with Crippen LogP contribution in [0.25, 0.3) is 0 Å². The van der Waals surface area contributed by atoms with E-state index in [0.717, 1.165) is 0 Å². The van der Waals surface area contributed by atoms with Crippen LogP contribution in [0.3, 0.4) is 0 Å². The van der Waals surface area contributed by atoms with E-state index in [1.165, 1.54) is 6.07 Å². The molecule has 0 unspecified atom stereocenters. The molecular formula is C9H11ClFN. The van der Waals surface area contributed by atoms with Crippen LogP contribution in [0.2, 0.25) is 5.02 Å². The van der Waals surface area contributed by atoms with Crippen molar-refractivity contribution in [3.63, 3.8) is 0 Å². The summed E-state index contributed by atoms with van der Waals surface area (Å²) in [5, 5.41) is 0.136. The zero-order valence-corrected chi connectivity index (χ0v) is 7.61. The molecule has 0 amide bonds. The minimum absolute atomic E-state index is 0.136. The molecule has 0 aromatic heterocycles. The average molecular weight is 188 g/mol. The topological polar surface area (TPSA) is 26.0 Å². The van der Waals surface area contributed by atoms with Gasteiger partial charge in [-0.1, -0.05) is 30.7 Å². The van der Waals surface area contributed by atoms with Crippen molar-refractivity contribution < 1.29 is 4.39 Å².